The van der Waals surface area contributed by atoms with E-state index in [1.54, 1.807) is 0 Å². The first-order valence-electron chi connectivity index (χ1n) is 11.2. The van der Waals surface area contributed by atoms with E-state index < -0.39 is 4.33 Å². The highest BCUT2D eigenvalue weighted by Gasteiger charge is 2.86. The molecule has 0 amide bonds. The molecule has 8 unspecified atom stereocenters. The Morgan fingerprint density at radius 1 is 1.14 bits per heavy atom. The Labute approximate surface area is 178 Å². The molecule has 0 aromatic heterocycles. The van der Waals surface area contributed by atoms with E-state index in [1.165, 1.54) is 0 Å². The summed E-state index contributed by atoms with van der Waals surface area (Å²) >= 11 is 13.9. The van der Waals surface area contributed by atoms with Gasteiger partial charge in [-0.15, -0.1) is 23.2 Å². The fourth-order valence-electron chi connectivity index (χ4n) is 8.71. The number of carbonyl (C=O) groups is 2. The van der Waals surface area contributed by atoms with Crippen LogP contribution < -0.4 is 0 Å². The Morgan fingerprint density at radius 3 is 2.61 bits per heavy atom. The summed E-state index contributed by atoms with van der Waals surface area (Å²) in [6, 6.07) is 0. The molecular formula is C23H32Cl2O3. The highest BCUT2D eigenvalue weighted by atomic mass is 35.5. The fourth-order valence-corrected chi connectivity index (χ4v) is 9.98. The van der Waals surface area contributed by atoms with Crippen LogP contribution in [0.4, 0.5) is 0 Å². The van der Waals surface area contributed by atoms with Crippen molar-refractivity contribution in [2.24, 2.45) is 39.9 Å². The van der Waals surface area contributed by atoms with Crippen molar-refractivity contribution in [1.29, 1.82) is 0 Å². The predicted molar refractivity (Wildman–Crippen MR) is 109 cm³/mol. The number of ketones is 1. The Morgan fingerprint density at radius 2 is 1.89 bits per heavy atom. The molecule has 28 heavy (non-hydrogen) atoms. The molecule has 3 nitrogen and oxygen atoms in total. The van der Waals surface area contributed by atoms with Crippen LogP contribution in [0.3, 0.4) is 0 Å². The van der Waals surface area contributed by atoms with Crippen LogP contribution in [-0.4, -0.2) is 22.2 Å². The number of hydrogen-bond acceptors (Lipinski definition) is 3. The minimum atomic E-state index is -0.752. The summed E-state index contributed by atoms with van der Waals surface area (Å²) in [6.45, 7) is 6.61. The maximum atomic E-state index is 12.4. The van der Waals surface area contributed by atoms with Gasteiger partial charge in [-0.25, -0.2) is 0 Å². The summed E-state index contributed by atoms with van der Waals surface area (Å²) < 4.78 is 5.15. The van der Waals surface area contributed by atoms with Crippen LogP contribution >= 0.6 is 23.2 Å². The van der Waals surface area contributed by atoms with Crippen molar-refractivity contribution >= 4 is 35.0 Å². The van der Waals surface area contributed by atoms with Gasteiger partial charge in [-0.3, -0.25) is 9.59 Å². The maximum absolute atomic E-state index is 12.4. The molecule has 0 N–H and O–H groups in total. The molecule has 0 saturated heterocycles. The zero-order valence-electron chi connectivity index (χ0n) is 17.2. The Kier molecular flexibility index (Phi) is 4.15. The molecule has 0 heterocycles. The molecule has 1 spiro atoms. The molecular weight excluding hydrogens is 395 g/mol. The third kappa shape index (κ3) is 2.14. The van der Waals surface area contributed by atoms with Gasteiger partial charge >= 0.3 is 5.97 Å². The number of halogens is 2. The molecule has 0 aromatic rings. The second-order valence-corrected chi connectivity index (χ2v) is 12.2. The SMILES string of the molecule is CCC(=O)OC1CCC2C3CC4C(Cl)(Cl)C45CC(=O)CCC5(C)C3CCC12C. The van der Waals surface area contributed by atoms with E-state index in [4.69, 9.17) is 27.9 Å². The quantitative estimate of drug-likeness (QED) is 0.419. The fraction of sp³-hybridized carbons (Fsp3) is 0.913. The molecule has 5 rings (SSSR count). The van der Waals surface area contributed by atoms with Crippen LogP contribution in [0.5, 0.6) is 0 Å². The number of carbonyl (C=O) groups excluding carboxylic acids is 2. The van der Waals surface area contributed by atoms with E-state index >= 15 is 0 Å². The van der Waals surface area contributed by atoms with Gasteiger partial charge in [0.15, 0.2) is 0 Å². The van der Waals surface area contributed by atoms with Crippen LogP contribution in [0.25, 0.3) is 0 Å². The molecule has 0 aliphatic heterocycles. The minimum absolute atomic E-state index is 0.0503. The number of Topliss-reactive ketones (excluding diaryl/α,β-unsaturated/α-hetero) is 1. The van der Waals surface area contributed by atoms with Gasteiger partial charge in [-0.1, -0.05) is 20.8 Å². The number of alkyl halides is 2. The number of fused-ring (bicyclic) bond motifs is 4. The summed E-state index contributed by atoms with van der Waals surface area (Å²) in [5, 5.41) is 0. The second-order valence-electron chi connectivity index (χ2n) is 10.8. The lowest BCUT2D eigenvalue weighted by molar-refractivity contribution is -0.165. The van der Waals surface area contributed by atoms with Crippen LogP contribution in [0.2, 0.25) is 0 Å². The molecule has 5 heteroatoms. The van der Waals surface area contributed by atoms with E-state index in [2.05, 4.69) is 13.8 Å². The first-order valence-corrected chi connectivity index (χ1v) is 12.0. The summed E-state index contributed by atoms with van der Waals surface area (Å²) in [4.78, 5) is 24.4. The maximum Gasteiger partial charge on any atom is 0.305 e. The monoisotopic (exact) mass is 426 g/mol. The lowest BCUT2D eigenvalue weighted by Crippen LogP contribution is -2.55. The smallest absolute Gasteiger partial charge is 0.305 e. The molecule has 0 bridgehead atoms. The second kappa shape index (κ2) is 5.90. The van der Waals surface area contributed by atoms with Crippen LogP contribution in [0.15, 0.2) is 0 Å². The van der Waals surface area contributed by atoms with Crippen molar-refractivity contribution in [2.75, 3.05) is 0 Å². The number of ether oxygens (including phenoxy) is 1. The third-order valence-corrected chi connectivity index (χ3v) is 11.4. The standard InChI is InChI=1S/C23H32Cl2O3/c1-4-19(27)28-18-6-5-15-14-11-17-22(23(17,24)25)12-13(26)7-10-21(22,3)16(14)8-9-20(15,18)2/h14-18H,4-12H2,1-3H3. The van der Waals surface area contributed by atoms with Crippen LogP contribution in [0, 0.1) is 39.9 Å². The first-order chi connectivity index (χ1) is 13.1. The molecule has 5 saturated carbocycles. The molecule has 5 aliphatic carbocycles. The largest absolute Gasteiger partial charge is 0.462 e. The average molecular weight is 427 g/mol. The highest BCUT2D eigenvalue weighted by Crippen LogP contribution is 2.87. The molecule has 5 fully saturated rings. The molecule has 0 aromatic carbocycles. The van der Waals surface area contributed by atoms with E-state index in [0.29, 0.717) is 42.8 Å². The van der Waals surface area contributed by atoms with Gasteiger partial charge in [-0.2, -0.15) is 0 Å². The zero-order valence-corrected chi connectivity index (χ0v) is 18.7. The minimum Gasteiger partial charge on any atom is -0.462 e. The third-order valence-electron chi connectivity index (χ3n) is 10.2. The summed E-state index contributed by atoms with van der Waals surface area (Å²) in [5.41, 5.74) is -0.0828. The molecule has 0 radical (unpaired) electrons. The van der Waals surface area contributed by atoms with Crippen molar-refractivity contribution in [3.63, 3.8) is 0 Å². The predicted octanol–water partition coefficient (Wildman–Crippen LogP) is 5.70. The first kappa shape index (κ1) is 19.7. The summed E-state index contributed by atoms with van der Waals surface area (Å²) in [7, 11) is 0. The van der Waals surface area contributed by atoms with E-state index in [-0.39, 0.29) is 34.2 Å². The van der Waals surface area contributed by atoms with Gasteiger partial charge in [0.05, 0.1) is 0 Å². The lowest BCUT2D eigenvalue weighted by Gasteiger charge is -2.60. The Hall–Kier alpha value is -0.280. The van der Waals surface area contributed by atoms with Gasteiger partial charge < -0.3 is 4.74 Å². The van der Waals surface area contributed by atoms with E-state index in [9.17, 15) is 9.59 Å². The number of rotatable bonds is 2. The van der Waals surface area contributed by atoms with E-state index in [0.717, 1.165) is 38.5 Å². The zero-order chi connectivity index (χ0) is 20.1. The van der Waals surface area contributed by atoms with Crippen molar-refractivity contribution < 1.29 is 14.3 Å². The van der Waals surface area contributed by atoms with Crippen LogP contribution in [-0.2, 0) is 14.3 Å². The summed E-state index contributed by atoms with van der Waals surface area (Å²) in [6.07, 6.45) is 8.07. The van der Waals surface area contributed by atoms with Gasteiger partial charge in [-0.05, 0) is 61.7 Å². The topological polar surface area (TPSA) is 43.4 Å². The van der Waals surface area contributed by atoms with Crippen molar-refractivity contribution in [3.8, 4) is 0 Å². The van der Waals surface area contributed by atoms with Crippen molar-refractivity contribution in [3.05, 3.63) is 0 Å². The Balaban J connectivity index is 1.48. The van der Waals surface area contributed by atoms with Gasteiger partial charge in [0.2, 0.25) is 0 Å². The summed E-state index contributed by atoms with van der Waals surface area (Å²) in [5.74, 6) is 2.24. The average Bonchev–Trinajstić information content (AvgIpc) is 2.93. The highest BCUT2D eigenvalue weighted by molar-refractivity contribution is 6.52. The van der Waals surface area contributed by atoms with E-state index in [1.807, 2.05) is 6.92 Å². The number of esters is 1. The molecule has 5 aliphatic rings. The normalized spacial score (nSPS) is 53.5. The van der Waals surface area contributed by atoms with Crippen molar-refractivity contribution in [2.45, 2.75) is 89.0 Å². The van der Waals surface area contributed by atoms with Gasteiger partial charge in [0, 0.05) is 36.0 Å². The lowest BCUT2D eigenvalue weighted by atomic mass is 9.44. The van der Waals surface area contributed by atoms with Gasteiger partial charge in [0.1, 0.15) is 16.2 Å². The molecule has 8 atom stereocenters. The van der Waals surface area contributed by atoms with Crippen molar-refractivity contribution in [1.82, 2.24) is 0 Å². The Bertz CT molecular complexity index is 735. The number of hydrogen-bond donors (Lipinski definition) is 0. The van der Waals surface area contributed by atoms with Crippen LogP contribution in [0.1, 0.15) is 78.6 Å². The van der Waals surface area contributed by atoms with Gasteiger partial charge in [0.25, 0.3) is 0 Å². The molecule has 156 valence electrons.